The lowest BCUT2D eigenvalue weighted by Gasteiger charge is -2.21. The number of hydrogen-bond acceptors (Lipinski definition) is 4. The van der Waals surface area contributed by atoms with Crippen LogP contribution in [0, 0.1) is 0 Å². The van der Waals surface area contributed by atoms with Gasteiger partial charge in [0.1, 0.15) is 23.4 Å². The van der Waals surface area contributed by atoms with E-state index in [9.17, 15) is 9.90 Å². The van der Waals surface area contributed by atoms with Crippen LogP contribution in [0.25, 0.3) is 0 Å². The molecular weight excluding hydrogens is 330 g/mol. The lowest BCUT2D eigenvalue weighted by atomic mass is 10.0. The molecule has 134 valence electrons. The van der Waals surface area contributed by atoms with E-state index in [0.717, 1.165) is 11.1 Å². The summed E-state index contributed by atoms with van der Waals surface area (Å²) < 4.78 is 7.33. The molecule has 26 heavy (non-hydrogen) atoms. The van der Waals surface area contributed by atoms with Gasteiger partial charge in [0.05, 0.1) is 13.5 Å². The van der Waals surface area contributed by atoms with E-state index in [1.807, 2.05) is 42.1 Å². The van der Waals surface area contributed by atoms with Gasteiger partial charge in [-0.25, -0.2) is 4.98 Å². The smallest absolute Gasteiger partial charge is 0.225 e. The van der Waals surface area contributed by atoms with E-state index in [-0.39, 0.29) is 18.1 Å². The van der Waals surface area contributed by atoms with Crippen LogP contribution < -0.4 is 10.1 Å². The van der Waals surface area contributed by atoms with E-state index in [2.05, 4.69) is 10.3 Å². The first kappa shape index (κ1) is 17.5. The highest BCUT2D eigenvalue weighted by molar-refractivity contribution is 5.79. The third kappa shape index (κ3) is 3.85. The summed E-state index contributed by atoms with van der Waals surface area (Å²) >= 11 is 0. The van der Waals surface area contributed by atoms with Gasteiger partial charge in [0.2, 0.25) is 5.91 Å². The second-order valence-corrected chi connectivity index (χ2v) is 5.98. The summed E-state index contributed by atoms with van der Waals surface area (Å²) in [6, 6.07) is 13.7. The van der Waals surface area contributed by atoms with Gasteiger partial charge in [0.25, 0.3) is 0 Å². The molecule has 1 atom stereocenters. The zero-order chi connectivity index (χ0) is 18.5. The SMILES string of the molecule is COc1ccccc1C(NC(=O)Cc1ccc(O)cc1)c1nccn1C. The molecule has 0 aliphatic carbocycles. The number of aryl methyl sites for hydroxylation is 1. The molecule has 0 aliphatic rings. The number of phenolic OH excluding ortho intramolecular Hbond substituents is 1. The third-order valence-electron chi connectivity index (χ3n) is 4.17. The van der Waals surface area contributed by atoms with Crippen molar-refractivity contribution >= 4 is 5.91 Å². The predicted molar refractivity (Wildman–Crippen MR) is 98.0 cm³/mol. The van der Waals surface area contributed by atoms with Crippen LogP contribution in [-0.2, 0) is 18.3 Å². The first-order chi connectivity index (χ1) is 12.6. The fourth-order valence-electron chi connectivity index (χ4n) is 2.85. The van der Waals surface area contributed by atoms with Crippen molar-refractivity contribution in [3.05, 3.63) is 77.9 Å². The molecule has 1 amide bonds. The van der Waals surface area contributed by atoms with Gasteiger partial charge in [-0.1, -0.05) is 30.3 Å². The molecule has 0 saturated carbocycles. The van der Waals surface area contributed by atoms with Crippen LogP contribution in [0.3, 0.4) is 0 Å². The van der Waals surface area contributed by atoms with Crippen molar-refractivity contribution in [3.63, 3.8) is 0 Å². The van der Waals surface area contributed by atoms with Crippen molar-refractivity contribution in [2.24, 2.45) is 7.05 Å². The number of aromatic nitrogens is 2. The third-order valence-corrected chi connectivity index (χ3v) is 4.17. The Bertz CT molecular complexity index is 887. The van der Waals surface area contributed by atoms with Gasteiger partial charge in [-0.05, 0) is 23.8 Å². The largest absolute Gasteiger partial charge is 0.508 e. The second-order valence-electron chi connectivity index (χ2n) is 5.98. The number of imidazole rings is 1. The lowest BCUT2D eigenvalue weighted by molar-refractivity contribution is -0.121. The first-order valence-electron chi connectivity index (χ1n) is 8.26. The maximum absolute atomic E-state index is 12.6. The van der Waals surface area contributed by atoms with Crippen LogP contribution in [0.2, 0.25) is 0 Å². The van der Waals surface area contributed by atoms with Gasteiger partial charge in [-0.3, -0.25) is 4.79 Å². The van der Waals surface area contributed by atoms with Crippen molar-refractivity contribution in [1.29, 1.82) is 0 Å². The molecule has 3 aromatic rings. The van der Waals surface area contributed by atoms with E-state index in [1.54, 1.807) is 37.6 Å². The Labute approximate surface area is 152 Å². The molecule has 0 radical (unpaired) electrons. The highest BCUT2D eigenvalue weighted by Crippen LogP contribution is 2.29. The monoisotopic (exact) mass is 351 g/mol. The van der Waals surface area contributed by atoms with E-state index >= 15 is 0 Å². The molecule has 2 aromatic carbocycles. The summed E-state index contributed by atoms with van der Waals surface area (Å²) in [5, 5.41) is 12.4. The standard InChI is InChI=1S/C20H21N3O3/c1-23-12-11-21-20(23)19(16-5-3-4-6-17(16)26-2)22-18(25)13-14-7-9-15(24)10-8-14/h3-12,19,24H,13H2,1-2H3,(H,22,25). The molecule has 2 N–H and O–H groups in total. The van der Waals surface area contributed by atoms with Crippen LogP contribution in [0.4, 0.5) is 0 Å². The summed E-state index contributed by atoms with van der Waals surface area (Å²) in [5.74, 6) is 1.43. The molecule has 0 fully saturated rings. The van der Waals surface area contributed by atoms with Crippen molar-refractivity contribution in [3.8, 4) is 11.5 Å². The number of phenols is 1. The maximum atomic E-state index is 12.6. The van der Waals surface area contributed by atoms with Crippen molar-refractivity contribution in [2.45, 2.75) is 12.5 Å². The highest BCUT2D eigenvalue weighted by Gasteiger charge is 2.23. The number of para-hydroxylation sites is 1. The molecule has 6 nitrogen and oxygen atoms in total. The number of methoxy groups -OCH3 is 1. The number of ether oxygens (including phenoxy) is 1. The number of carbonyl (C=O) groups is 1. The molecule has 1 aromatic heterocycles. The Kier molecular flexibility index (Phi) is 5.22. The number of aromatic hydroxyl groups is 1. The van der Waals surface area contributed by atoms with Gasteiger partial charge >= 0.3 is 0 Å². The van der Waals surface area contributed by atoms with Crippen molar-refractivity contribution in [1.82, 2.24) is 14.9 Å². The molecule has 1 unspecified atom stereocenters. The minimum absolute atomic E-state index is 0.144. The zero-order valence-corrected chi connectivity index (χ0v) is 14.7. The normalized spacial score (nSPS) is 11.8. The average molecular weight is 351 g/mol. The highest BCUT2D eigenvalue weighted by atomic mass is 16.5. The van der Waals surface area contributed by atoms with Gasteiger partial charge in [-0.2, -0.15) is 0 Å². The van der Waals surface area contributed by atoms with Crippen LogP contribution in [0.5, 0.6) is 11.5 Å². The molecule has 0 bridgehead atoms. The Morgan fingerprint density at radius 2 is 1.96 bits per heavy atom. The van der Waals surface area contributed by atoms with Crippen LogP contribution >= 0.6 is 0 Å². The predicted octanol–water partition coefficient (Wildman–Crippen LogP) is 2.58. The van der Waals surface area contributed by atoms with Gasteiger partial charge < -0.3 is 19.7 Å². The summed E-state index contributed by atoms with van der Waals surface area (Å²) in [5.41, 5.74) is 1.65. The molecule has 0 aliphatic heterocycles. The summed E-state index contributed by atoms with van der Waals surface area (Å²) in [6.45, 7) is 0. The molecule has 3 rings (SSSR count). The van der Waals surface area contributed by atoms with Gasteiger partial charge in [0.15, 0.2) is 0 Å². The molecule has 6 heteroatoms. The van der Waals surface area contributed by atoms with Gasteiger partial charge in [-0.15, -0.1) is 0 Å². The van der Waals surface area contributed by atoms with Crippen molar-refractivity contribution < 1.29 is 14.6 Å². The fourth-order valence-corrected chi connectivity index (χ4v) is 2.85. The van der Waals surface area contributed by atoms with E-state index in [1.165, 1.54) is 0 Å². The number of rotatable bonds is 6. The molecule has 1 heterocycles. The maximum Gasteiger partial charge on any atom is 0.225 e. The van der Waals surface area contributed by atoms with E-state index < -0.39 is 6.04 Å². The zero-order valence-electron chi connectivity index (χ0n) is 14.7. The Morgan fingerprint density at radius 3 is 2.62 bits per heavy atom. The summed E-state index contributed by atoms with van der Waals surface area (Å²) in [4.78, 5) is 17.0. The molecule has 0 spiro atoms. The number of nitrogens with one attached hydrogen (secondary N) is 1. The number of carbonyl (C=O) groups excluding carboxylic acids is 1. The second kappa shape index (κ2) is 7.74. The Balaban J connectivity index is 1.88. The van der Waals surface area contributed by atoms with Crippen LogP contribution in [0.1, 0.15) is 23.0 Å². The minimum atomic E-state index is -0.434. The first-order valence-corrected chi connectivity index (χ1v) is 8.26. The number of benzene rings is 2. The quantitative estimate of drug-likeness (QED) is 0.716. The molecule has 0 saturated heterocycles. The average Bonchev–Trinajstić information content (AvgIpc) is 3.07. The van der Waals surface area contributed by atoms with E-state index in [4.69, 9.17) is 4.74 Å². The summed E-state index contributed by atoms with van der Waals surface area (Å²) in [7, 11) is 3.49. The fraction of sp³-hybridized carbons (Fsp3) is 0.200. The Hall–Kier alpha value is -3.28. The number of hydrogen-bond donors (Lipinski definition) is 2. The van der Waals surface area contributed by atoms with Crippen molar-refractivity contribution in [2.75, 3.05) is 7.11 Å². The minimum Gasteiger partial charge on any atom is -0.508 e. The van der Waals surface area contributed by atoms with Crippen LogP contribution in [-0.4, -0.2) is 27.7 Å². The van der Waals surface area contributed by atoms with Gasteiger partial charge in [0, 0.05) is 25.0 Å². The number of nitrogens with zero attached hydrogens (tertiary/aromatic N) is 2. The van der Waals surface area contributed by atoms with Crippen LogP contribution in [0.15, 0.2) is 60.9 Å². The topological polar surface area (TPSA) is 76.4 Å². The lowest BCUT2D eigenvalue weighted by Crippen LogP contribution is -2.32. The summed E-state index contributed by atoms with van der Waals surface area (Å²) in [6.07, 6.45) is 3.74. The van der Waals surface area contributed by atoms with E-state index in [0.29, 0.717) is 11.6 Å². The Morgan fingerprint density at radius 1 is 1.23 bits per heavy atom. The molecular formula is C20H21N3O3. The number of amides is 1.